The Labute approximate surface area is 105 Å². The predicted octanol–water partition coefficient (Wildman–Crippen LogP) is 2.07. The van der Waals surface area contributed by atoms with Crippen LogP contribution in [0.2, 0.25) is 0 Å². The summed E-state index contributed by atoms with van der Waals surface area (Å²) in [5.74, 6) is 0. The summed E-state index contributed by atoms with van der Waals surface area (Å²) in [6.45, 7) is 8.57. The van der Waals surface area contributed by atoms with Gasteiger partial charge >= 0.3 is 0 Å². The van der Waals surface area contributed by atoms with Gasteiger partial charge in [-0.2, -0.15) is 5.10 Å². The standard InChI is InChI=1S/C13H26N4/c1-6-14-12(8-10-16(4)5)13-7-9-15-17(13)11(2)3/h7,9,11-12,14H,6,8,10H2,1-5H3. The van der Waals surface area contributed by atoms with E-state index < -0.39 is 0 Å². The molecule has 98 valence electrons. The lowest BCUT2D eigenvalue weighted by molar-refractivity contribution is 0.349. The molecule has 1 aromatic heterocycles. The highest BCUT2D eigenvalue weighted by molar-refractivity contribution is 5.08. The molecule has 0 bridgehead atoms. The van der Waals surface area contributed by atoms with E-state index in [1.54, 1.807) is 0 Å². The SMILES string of the molecule is CCNC(CCN(C)C)c1ccnn1C(C)C. The average Bonchev–Trinajstić information content (AvgIpc) is 2.72. The Bertz CT molecular complexity index is 317. The Balaban J connectivity index is 2.77. The number of nitrogens with one attached hydrogen (secondary N) is 1. The van der Waals surface area contributed by atoms with Gasteiger partial charge < -0.3 is 10.2 Å². The van der Waals surface area contributed by atoms with Crippen LogP contribution in [0.15, 0.2) is 12.3 Å². The van der Waals surface area contributed by atoms with Crippen LogP contribution in [0.5, 0.6) is 0 Å². The quantitative estimate of drug-likeness (QED) is 0.789. The van der Waals surface area contributed by atoms with E-state index in [-0.39, 0.29) is 0 Å². The van der Waals surface area contributed by atoms with Crippen LogP contribution in [0.4, 0.5) is 0 Å². The van der Waals surface area contributed by atoms with Crippen LogP contribution in [-0.4, -0.2) is 41.9 Å². The summed E-state index contributed by atoms with van der Waals surface area (Å²) in [6.07, 6.45) is 3.01. The normalized spacial score (nSPS) is 13.6. The van der Waals surface area contributed by atoms with Crippen LogP contribution in [0.1, 0.15) is 45.0 Å². The molecule has 0 spiro atoms. The highest BCUT2D eigenvalue weighted by Gasteiger charge is 2.16. The molecule has 0 aromatic carbocycles. The molecule has 0 aliphatic carbocycles. The van der Waals surface area contributed by atoms with E-state index in [2.05, 4.69) is 60.9 Å². The first-order valence-corrected chi connectivity index (χ1v) is 6.47. The lowest BCUT2D eigenvalue weighted by Crippen LogP contribution is -2.28. The van der Waals surface area contributed by atoms with E-state index in [0.717, 1.165) is 19.5 Å². The van der Waals surface area contributed by atoms with Crippen molar-refractivity contribution < 1.29 is 0 Å². The van der Waals surface area contributed by atoms with E-state index in [1.165, 1.54) is 5.69 Å². The zero-order chi connectivity index (χ0) is 12.8. The number of aromatic nitrogens is 2. The second kappa shape index (κ2) is 6.77. The number of hydrogen-bond donors (Lipinski definition) is 1. The Kier molecular flexibility index (Phi) is 5.65. The first-order chi connectivity index (χ1) is 8.06. The van der Waals surface area contributed by atoms with Crippen LogP contribution >= 0.6 is 0 Å². The van der Waals surface area contributed by atoms with E-state index >= 15 is 0 Å². The Hall–Kier alpha value is -0.870. The lowest BCUT2D eigenvalue weighted by atomic mass is 10.1. The van der Waals surface area contributed by atoms with Crippen molar-refractivity contribution in [1.82, 2.24) is 20.0 Å². The molecule has 0 saturated heterocycles. The van der Waals surface area contributed by atoms with Gasteiger partial charge in [0.2, 0.25) is 0 Å². The topological polar surface area (TPSA) is 33.1 Å². The summed E-state index contributed by atoms with van der Waals surface area (Å²) in [6, 6.07) is 2.94. The highest BCUT2D eigenvalue weighted by Crippen LogP contribution is 2.19. The molecule has 0 aliphatic heterocycles. The van der Waals surface area contributed by atoms with Crippen LogP contribution in [0.25, 0.3) is 0 Å². The number of rotatable bonds is 7. The van der Waals surface area contributed by atoms with Crippen LogP contribution in [0.3, 0.4) is 0 Å². The molecule has 0 amide bonds. The van der Waals surface area contributed by atoms with Crippen molar-refractivity contribution >= 4 is 0 Å². The molecule has 1 heterocycles. The van der Waals surface area contributed by atoms with Crippen molar-refractivity contribution in [3.8, 4) is 0 Å². The maximum atomic E-state index is 4.41. The minimum Gasteiger partial charge on any atom is -0.309 e. The first kappa shape index (κ1) is 14.2. The van der Waals surface area contributed by atoms with Crippen LogP contribution in [0, 0.1) is 0 Å². The van der Waals surface area contributed by atoms with Gasteiger partial charge in [0.1, 0.15) is 0 Å². The monoisotopic (exact) mass is 238 g/mol. The molecule has 0 radical (unpaired) electrons. The molecule has 1 unspecified atom stereocenters. The summed E-state index contributed by atoms with van der Waals surface area (Å²) < 4.78 is 2.11. The summed E-state index contributed by atoms with van der Waals surface area (Å²) in [5.41, 5.74) is 1.30. The molecule has 1 atom stereocenters. The fourth-order valence-electron chi connectivity index (χ4n) is 2.02. The molecule has 17 heavy (non-hydrogen) atoms. The largest absolute Gasteiger partial charge is 0.309 e. The van der Waals surface area contributed by atoms with Gasteiger partial charge in [-0.05, 0) is 53.5 Å². The van der Waals surface area contributed by atoms with Crippen molar-refractivity contribution in [2.75, 3.05) is 27.2 Å². The van der Waals surface area contributed by atoms with Crippen molar-refractivity contribution in [3.63, 3.8) is 0 Å². The molecule has 4 nitrogen and oxygen atoms in total. The third kappa shape index (κ3) is 4.13. The highest BCUT2D eigenvalue weighted by atomic mass is 15.3. The van der Waals surface area contributed by atoms with E-state index in [9.17, 15) is 0 Å². The van der Waals surface area contributed by atoms with Gasteiger partial charge in [0.15, 0.2) is 0 Å². The molecule has 4 heteroatoms. The Morgan fingerprint density at radius 1 is 1.41 bits per heavy atom. The molecule has 1 rings (SSSR count). The molecule has 0 aliphatic rings. The Morgan fingerprint density at radius 2 is 2.12 bits per heavy atom. The number of hydrogen-bond acceptors (Lipinski definition) is 3. The fourth-order valence-corrected chi connectivity index (χ4v) is 2.02. The summed E-state index contributed by atoms with van der Waals surface area (Å²) in [7, 11) is 4.23. The van der Waals surface area contributed by atoms with Crippen molar-refractivity contribution in [1.29, 1.82) is 0 Å². The lowest BCUT2D eigenvalue weighted by Gasteiger charge is -2.22. The van der Waals surface area contributed by atoms with Gasteiger partial charge in [0, 0.05) is 12.2 Å². The third-order valence-corrected chi connectivity index (χ3v) is 2.86. The van der Waals surface area contributed by atoms with Crippen LogP contribution in [-0.2, 0) is 0 Å². The van der Waals surface area contributed by atoms with Gasteiger partial charge in [-0.1, -0.05) is 6.92 Å². The second-order valence-corrected chi connectivity index (χ2v) is 5.00. The van der Waals surface area contributed by atoms with E-state index in [4.69, 9.17) is 0 Å². The molecule has 0 saturated carbocycles. The van der Waals surface area contributed by atoms with Gasteiger partial charge in [-0.25, -0.2) is 0 Å². The van der Waals surface area contributed by atoms with Gasteiger partial charge in [0.25, 0.3) is 0 Å². The van der Waals surface area contributed by atoms with E-state index in [1.807, 2.05) is 6.20 Å². The smallest absolute Gasteiger partial charge is 0.0557 e. The maximum Gasteiger partial charge on any atom is 0.0557 e. The summed E-state index contributed by atoms with van der Waals surface area (Å²) in [4.78, 5) is 2.22. The molecule has 1 N–H and O–H groups in total. The van der Waals surface area contributed by atoms with Crippen LogP contribution < -0.4 is 5.32 Å². The van der Waals surface area contributed by atoms with Crippen molar-refractivity contribution in [2.45, 2.75) is 39.3 Å². The Morgan fingerprint density at radius 3 is 2.65 bits per heavy atom. The zero-order valence-corrected chi connectivity index (χ0v) is 11.8. The zero-order valence-electron chi connectivity index (χ0n) is 11.8. The maximum absolute atomic E-state index is 4.41. The molecular formula is C13H26N4. The fraction of sp³-hybridized carbons (Fsp3) is 0.769. The van der Waals surface area contributed by atoms with Crippen molar-refractivity contribution in [3.05, 3.63) is 18.0 Å². The van der Waals surface area contributed by atoms with Gasteiger partial charge in [0.05, 0.1) is 11.7 Å². The molecular weight excluding hydrogens is 212 g/mol. The predicted molar refractivity (Wildman–Crippen MR) is 72.2 cm³/mol. The number of nitrogens with zero attached hydrogens (tertiary/aromatic N) is 3. The summed E-state index contributed by atoms with van der Waals surface area (Å²) >= 11 is 0. The molecule has 1 aromatic rings. The third-order valence-electron chi connectivity index (χ3n) is 2.86. The van der Waals surface area contributed by atoms with Gasteiger partial charge in [-0.15, -0.1) is 0 Å². The minimum absolute atomic E-state index is 0.396. The van der Waals surface area contributed by atoms with Crippen molar-refractivity contribution in [2.24, 2.45) is 0 Å². The average molecular weight is 238 g/mol. The second-order valence-electron chi connectivity index (χ2n) is 5.00. The minimum atomic E-state index is 0.396. The summed E-state index contributed by atoms with van der Waals surface area (Å²) in [5, 5.41) is 7.96. The van der Waals surface area contributed by atoms with E-state index in [0.29, 0.717) is 12.1 Å². The van der Waals surface area contributed by atoms with Gasteiger partial charge in [-0.3, -0.25) is 4.68 Å². The molecule has 0 fully saturated rings. The first-order valence-electron chi connectivity index (χ1n) is 6.47.